The zero-order valence-electron chi connectivity index (χ0n) is 14.4. The molecule has 26 heavy (non-hydrogen) atoms. The first kappa shape index (κ1) is 19.2. The van der Waals surface area contributed by atoms with Gasteiger partial charge in [0, 0.05) is 19.5 Å². The SMILES string of the molecule is COc1ccc(CCC(=O)NCCNC(=O)c2ccccc2O)cc1F. The quantitative estimate of drug-likeness (QED) is 0.629. The first-order valence-electron chi connectivity index (χ1n) is 8.16. The second-order valence-electron chi connectivity index (χ2n) is 5.59. The topological polar surface area (TPSA) is 87.7 Å². The first-order chi connectivity index (χ1) is 12.5. The molecule has 0 saturated heterocycles. The van der Waals surface area contributed by atoms with Gasteiger partial charge in [-0.25, -0.2) is 4.39 Å². The van der Waals surface area contributed by atoms with Crippen LogP contribution in [0.15, 0.2) is 42.5 Å². The number of carbonyl (C=O) groups is 2. The monoisotopic (exact) mass is 360 g/mol. The molecule has 7 heteroatoms. The van der Waals surface area contributed by atoms with Crippen molar-refractivity contribution in [2.45, 2.75) is 12.8 Å². The highest BCUT2D eigenvalue weighted by molar-refractivity contribution is 5.96. The minimum absolute atomic E-state index is 0.0965. The van der Waals surface area contributed by atoms with Gasteiger partial charge in [-0.3, -0.25) is 9.59 Å². The predicted molar refractivity (Wildman–Crippen MR) is 94.7 cm³/mol. The summed E-state index contributed by atoms with van der Waals surface area (Å²) in [5, 5.41) is 14.9. The van der Waals surface area contributed by atoms with Crippen molar-refractivity contribution in [3.63, 3.8) is 0 Å². The molecule has 0 aromatic heterocycles. The van der Waals surface area contributed by atoms with E-state index in [1.165, 1.54) is 31.4 Å². The molecule has 0 fully saturated rings. The van der Waals surface area contributed by atoms with Crippen LogP contribution < -0.4 is 15.4 Å². The molecule has 138 valence electrons. The highest BCUT2D eigenvalue weighted by Gasteiger charge is 2.10. The van der Waals surface area contributed by atoms with Crippen molar-refractivity contribution >= 4 is 11.8 Å². The Hall–Kier alpha value is -3.09. The Morgan fingerprint density at radius 1 is 1.12 bits per heavy atom. The molecule has 0 radical (unpaired) electrons. The summed E-state index contributed by atoms with van der Waals surface area (Å²) < 4.78 is 18.4. The standard InChI is InChI=1S/C19H21FN2O4/c1-26-17-8-6-13(12-15(17)20)7-9-18(24)21-10-11-22-19(25)14-4-2-3-5-16(14)23/h2-6,8,12,23H,7,9-11H2,1H3,(H,21,24)(H,22,25). The van der Waals surface area contributed by atoms with Crippen molar-refractivity contribution in [1.82, 2.24) is 10.6 Å². The van der Waals surface area contributed by atoms with Gasteiger partial charge in [-0.05, 0) is 36.2 Å². The van der Waals surface area contributed by atoms with E-state index in [1.54, 1.807) is 18.2 Å². The lowest BCUT2D eigenvalue weighted by Gasteiger charge is -2.08. The Labute approximate surface area is 151 Å². The van der Waals surface area contributed by atoms with Crippen molar-refractivity contribution in [3.05, 3.63) is 59.4 Å². The van der Waals surface area contributed by atoms with Gasteiger partial charge in [0.05, 0.1) is 12.7 Å². The Kier molecular flexibility index (Phi) is 6.96. The number of phenolic OH excluding ortho intramolecular Hbond substituents is 1. The van der Waals surface area contributed by atoms with Gasteiger partial charge in [-0.15, -0.1) is 0 Å². The maximum absolute atomic E-state index is 13.6. The molecular formula is C19H21FN2O4. The van der Waals surface area contributed by atoms with E-state index >= 15 is 0 Å². The Morgan fingerprint density at radius 3 is 2.54 bits per heavy atom. The molecule has 2 aromatic rings. The third-order valence-corrected chi connectivity index (χ3v) is 3.74. The fraction of sp³-hybridized carbons (Fsp3) is 0.263. The van der Waals surface area contributed by atoms with E-state index in [0.29, 0.717) is 12.0 Å². The van der Waals surface area contributed by atoms with Gasteiger partial charge in [0.25, 0.3) is 5.91 Å². The molecule has 2 amide bonds. The summed E-state index contributed by atoms with van der Waals surface area (Å²) >= 11 is 0. The molecular weight excluding hydrogens is 339 g/mol. The minimum atomic E-state index is -0.461. The van der Waals surface area contributed by atoms with Crippen molar-refractivity contribution in [1.29, 1.82) is 0 Å². The lowest BCUT2D eigenvalue weighted by molar-refractivity contribution is -0.121. The molecule has 0 aliphatic heterocycles. The average Bonchev–Trinajstić information content (AvgIpc) is 2.64. The van der Waals surface area contributed by atoms with Crippen LogP contribution in [-0.4, -0.2) is 37.1 Å². The lowest BCUT2D eigenvalue weighted by atomic mass is 10.1. The van der Waals surface area contributed by atoms with Crippen LogP contribution in [-0.2, 0) is 11.2 Å². The van der Waals surface area contributed by atoms with Crippen molar-refractivity contribution in [3.8, 4) is 11.5 Å². The maximum Gasteiger partial charge on any atom is 0.255 e. The minimum Gasteiger partial charge on any atom is -0.507 e. The summed E-state index contributed by atoms with van der Waals surface area (Å²) in [6.45, 7) is 0.491. The normalized spacial score (nSPS) is 10.2. The molecule has 2 aromatic carbocycles. The molecule has 0 spiro atoms. The molecule has 0 aliphatic carbocycles. The second-order valence-corrected chi connectivity index (χ2v) is 5.59. The summed E-state index contributed by atoms with van der Waals surface area (Å²) in [5.74, 6) is -1.000. The van der Waals surface area contributed by atoms with Gasteiger partial charge >= 0.3 is 0 Å². The molecule has 0 aliphatic rings. The zero-order chi connectivity index (χ0) is 18.9. The van der Waals surface area contributed by atoms with Crippen LogP contribution in [0, 0.1) is 5.82 Å². The van der Waals surface area contributed by atoms with Gasteiger partial charge in [-0.1, -0.05) is 18.2 Å². The number of hydrogen-bond donors (Lipinski definition) is 3. The number of hydrogen-bond acceptors (Lipinski definition) is 4. The molecule has 0 atom stereocenters. The van der Waals surface area contributed by atoms with E-state index in [2.05, 4.69) is 10.6 Å². The highest BCUT2D eigenvalue weighted by Crippen LogP contribution is 2.18. The first-order valence-corrected chi connectivity index (χ1v) is 8.16. The molecule has 6 nitrogen and oxygen atoms in total. The van der Waals surface area contributed by atoms with E-state index in [1.807, 2.05) is 0 Å². The van der Waals surface area contributed by atoms with E-state index < -0.39 is 11.7 Å². The van der Waals surface area contributed by atoms with Gasteiger partial charge < -0.3 is 20.5 Å². The average molecular weight is 360 g/mol. The largest absolute Gasteiger partial charge is 0.507 e. The molecule has 0 heterocycles. The molecule has 3 N–H and O–H groups in total. The van der Waals surface area contributed by atoms with Gasteiger partial charge in [0.2, 0.25) is 5.91 Å². The Bertz CT molecular complexity index is 780. The van der Waals surface area contributed by atoms with Crippen LogP contribution in [0.1, 0.15) is 22.3 Å². The summed E-state index contributed by atoms with van der Waals surface area (Å²) in [4.78, 5) is 23.7. The zero-order valence-corrected chi connectivity index (χ0v) is 14.4. The van der Waals surface area contributed by atoms with Gasteiger partial charge in [0.1, 0.15) is 5.75 Å². The number of benzene rings is 2. The summed E-state index contributed by atoms with van der Waals surface area (Å²) in [7, 11) is 1.39. The Morgan fingerprint density at radius 2 is 1.85 bits per heavy atom. The summed E-state index contributed by atoms with van der Waals surface area (Å²) in [5.41, 5.74) is 0.881. The van der Waals surface area contributed by atoms with E-state index in [-0.39, 0.29) is 42.5 Å². The number of nitrogens with one attached hydrogen (secondary N) is 2. The van der Waals surface area contributed by atoms with Crippen molar-refractivity contribution in [2.75, 3.05) is 20.2 Å². The smallest absolute Gasteiger partial charge is 0.255 e. The number of methoxy groups -OCH3 is 1. The second kappa shape index (κ2) is 9.41. The number of carbonyl (C=O) groups excluding carboxylic acids is 2. The highest BCUT2D eigenvalue weighted by atomic mass is 19.1. The molecule has 0 unspecified atom stereocenters. The van der Waals surface area contributed by atoms with Crippen LogP contribution in [0.3, 0.4) is 0 Å². The predicted octanol–water partition coefficient (Wildman–Crippen LogP) is 2.02. The fourth-order valence-corrected chi connectivity index (χ4v) is 2.35. The van der Waals surface area contributed by atoms with E-state index in [0.717, 1.165) is 0 Å². The van der Waals surface area contributed by atoms with Crippen LogP contribution >= 0.6 is 0 Å². The number of para-hydroxylation sites is 1. The third-order valence-electron chi connectivity index (χ3n) is 3.74. The van der Waals surface area contributed by atoms with Crippen LogP contribution in [0.4, 0.5) is 4.39 Å². The van der Waals surface area contributed by atoms with Crippen LogP contribution in [0.5, 0.6) is 11.5 Å². The van der Waals surface area contributed by atoms with Crippen molar-refractivity contribution in [2.24, 2.45) is 0 Å². The van der Waals surface area contributed by atoms with E-state index in [9.17, 15) is 19.1 Å². The summed E-state index contributed by atoms with van der Waals surface area (Å²) in [6.07, 6.45) is 0.607. The van der Waals surface area contributed by atoms with E-state index in [4.69, 9.17) is 4.74 Å². The lowest BCUT2D eigenvalue weighted by Crippen LogP contribution is -2.34. The molecule has 2 rings (SSSR count). The number of phenols is 1. The van der Waals surface area contributed by atoms with Crippen LogP contribution in [0.25, 0.3) is 0 Å². The maximum atomic E-state index is 13.6. The fourth-order valence-electron chi connectivity index (χ4n) is 2.35. The van der Waals surface area contributed by atoms with Crippen molar-refractivity contribution < 1.29 is 23.8 Å². The molecule has 0 saturated carbocycles. The number of aromatic hydroxyl groups is 1. The summed E-state index contributed by atoms with van der Waals surface area (Å²) in [6, 6.07) is 10.8. The van der Waals surface area contributed by atoms with Gasteiger partial charge in [-0.2, -0.15) is 0 Å². The van der Waals surface area contributed by atoms with Gasteiger partial charge in [0.15, 0.2) is 11.6 Å². The van der Waals surface area contributed by atoms with Crippen LogP contribution in [0.2, 0.25) is 0 Å². The third kappa shape index (κ3) is 5.47. The number of aryl methyl sites for hydroxylation is 1. The molecule has 0 bridgehead atoms. The Balaban J connectivity index is 1.68. The number of ether oxygens (including phenoxy) is 1. The number of rotatable bonds is 8. The number of amides is 2. The number of halogens is 1.